The number of hydrogen-bond donors (Lipinski definition) is 1. The SMILES string of the molecule is COC(=O)[C@@H]1NCC12CCC(C)CC2. The average Bonchev–Trinajstić information content (AvgIpc) is 2.17. The van der Waals surface area contributed by atoms with E-state index in [0.29, 0.717) is 0 Å². The fraction of sp³-hybridized carbons (Fsp3) is 0.909. The molecule has 3 nitrogen and oxygen atoms in total. The van der Waals surface area contributed by atoms with Gasteiger partial charge in [-0.2, -0.15) is 0 Å². The molecule has 2 aliphatic rings. The standard InChI is InChI=1S/C11H19NO2/c1-8-3-5-11(6-4-8)7-12-9(11)10(13)14-2/h8-9,12H,3-7H2,1-2H3/t8?,9-,11?/m0/s1. The van der Waals surface area contributed by atoms with E-state index in [-0.39, 0.29) is 17.4 Å². The number of carbonyl (C=O) groups is 1. The number of rotatable bonds is 1. The molecule has 1 saturated carbocycles. The van der Waals surface area contributed by atoms with Crippen LogP contribution in [0, 0.1) is 11.3 Å². The van der Waals surface area contributed by atoms with E-state index < -0.39 is 0 Å². The molecule has 1 aliphatic heterocycles. The minimum absolute atomic E-state index is 0.0278. The largest absolute Gasteiger partial charge is 0.468 e. The van der Waals surface area contributed by atoms with Gasteiger partial charge in [0.15, 0.2) is 0 Å². The maximum atomic E-state index is 11.5. The normalized spacial score (nSPS) is 41.9. The monoisotopic (exact) mass is 197 g/mol. The lowest BCUT2D eigenvalue weighted by Crippen LogP contribution is -2.67. The van der Waals surface area contributed by atoms with Crippen molar-refractivity contribution in [3.63, 3.8) is 0 Å². The number of hydrogen-bond acceptors (Lipinski definition) is 3. The number of carbonyl (C=O) groups excluding carboxylic acids is 1. The topological polar surface area (TPSA) is 38.3 Å². The lowest BCUT2D eigenvalue weighted by Gasteiger charge is -2.52. The Kier molecular flexibility index (Phi) is 2.52. The summed E-state index contributed by atoms with van der Waals surface area (Å²) in [6.45, 7) is 3.30. The molecule has 0 radical (unpaired) electrons. The Balaban J connectivity index is 2.00. The third kappa shape index (κ3) is 1.44. The van der Waals surface area contributed by atoms with Gasteiger partial charge in [0.1, 0.15) is 6.04 Å². The highest BCUT2D eigenvalue weighted by atomic mass is 16.5. The molecule has 1 spiro atoms. The summed E-state index contributed by atoms with van der Waals surface area (Å²) in [5.74, 6) is 0.755. The van der Waals surface area contributed by atoms with E-state index in [1.165, 1.54) is 32.8 Å². The minimum atomic E-state index is -0.0780. The predicted octanol–water partition coefficient (Wildman–Crippen LogP) is 1.33. The molecule has 3 heteroatoms. The average molecular weight is 197 g/mol. The van der Waals surface area contributed by atoms with Gasteiger partial charge in [-0.15, -0.1) is 0 Å². The summed E-state index contributed by atoms with van der Waals surface area (Å²) in [5, 5.41) is 3.20. The van der Waals surface area contributed by atoms with Crippen LogP contribution in [0.25, 0.3) is 0 Å². The van der Waals surface area contributed by atoms with Gasteiger partial charge in [-0.3, -0.25) is 4.79 Å². The molecule has 0 aromatic rings. The molecule has 0 unspecified atom stereocenters. The maximum Gasteiger partial charge on any atom is 0.323 e. The Morgan fingerprint density at radius 3 is 2.50 bits per heavy atom. The Morgan fingerprint density at radius 1 is 1.43 bits per heavy atom. The van der Waals surface area contributed by atoms with Gasteiger partial charge in [0.05, 0.1) is 7.11 Å². The molecule has 1 heterocycles. The number of nitrogens with one attached hydrogen (secondary N) is 1. The first-order valence-electron chi connectivity index (χ1n) is 5.49. The Bertz CT molecular complexity index is 231. The van der Waals surface area contributed by atoms with Crippen molar-refractivity contribution in [2.75, 3.05) is 13.7 Å². The number of methoxy groups -OCH3 is 1. The van der Waals surface area contributed by atoms with Crippen molar-refractivity contribution in [3.8, 4) is 0 Å². The zero-order valence-corrected chi connectivity index (χ0v) is 9.01. The first-order valence-corrected chi connectivity index (χ1v) is 5.49. The van der Waals surface area contributed by atoms with Crippen molar-refractivity contribution in [2.45, 2.75) is 38.6 Å². The van der Waals surface area contributed by atoms with Crippen LogP contribution in [0.2, 0.25) is 0 Å². The fourth-order valence-corrected chi connectivity index (χ4v) is 2.75. The quantitative estimate of drug-likeness (QED) is 0.644. The molecule has 14 heavy (non-hydrogen) atoms. The Labute approximate surface area is 85.2 Å². The van der Waals surface area contributed by atoms with Crippen LogP contribution in [0.15, 0.2) is 0 Å². The van der Waals surface area contributed by atoms with E-state index in [1.54, 1.807) is 0 Å². The zero-order valence-electron chi connectivity index (χ0n) is 9.01. The van der Waals surface area contributed by atoms with Gasteiger partial charge in [0.25, 0.3) is 0 Å². The fourth-order valence-electron chi connectivity index (χ4n) is 2.75. The highest BCUT2D eigenvalue weighted by Gasteiger charge is 2.51. The van der Waals surface area contributed by atoms with Crippen molar-refractivity contribution in [1.82, 2.24) is 5.32 Å². The van der Waals surface area contributed by atoms with Gasteiger partial charge >= 0.3 is 5.97 Å². The van der Waals surface area contributed by atoms with Crippen molar-refractivity contribution in [3.05, 3.63) is 0 Å². The summed E-state index contributed by atoms with van der Waals surface area (Å²) >= 11 is 0. The summed E-state index contributed by atoms with van der Waals surface area (Å²) in [4.78, 5) is 11.5. The molecule has 80 valence electrons. The second-order valence-electron chi connectivity index (χ2n) is 4.88. The van der Waals surface area contributed by atoms with Crippen molar-refractivity contribution < 1.29 is 9.53 Å². The first kappa shape index (κ1) is 9.97. The third-order valence-electron chi connectivity index (χ3n) is 3.98. The van der Waals surface area contributed by atoms with Crippen molar-refractivity contribution >= 4 is 5.97 Å². The number of esters is 1. The lowest BCUT2D eigenvalue weighted by molar-refractivity contribution is -0.153. The van der Waals surface area contributed by atoms with Crippen LogP contribution in [0.3, 0.4) is 0 Å². The summed E-state index contributed by atoms with van der Waals surface area (Å²) < 4.78 is 4.81. The summed E-state index contributed by atoms with van der Waals surface area (Å²) in [6, 6.07) is -0.0278. The van der Waals surface area contributed by atoms with E-state index in [9.17, 15) is 4.79 Å². The van der Waals surface area contributed by atoms with E-state index in [4.69, 9.17) is 4.74 Å². The summed E-state index contributed by atoms with van der Waals surface area (Å²) in [6.07, 6.45) is 4.88. The van der Waals surface area contributed by atoms with Crippen LogP contribution in [-0.2, 0) is 9.53 Å². The molecule has 1 N–H and O–H groups in total. The predicted molar refractivity (Wildman–Crippen MR) is 53.9 cm³/mol. The highest BCUT2D eigenvalue weighted by Crippen LogP contribution is 2.45. The number of ether oxygens (including phenoxy) is 1. The van der Waals surface area contributed by atoms with E-state index >= 15 is 0 Å². The second kappa shape index (κ2) is 3.54. The molecule has 1 atom stereocenters. The lowest BCUT2D eigenvalue weighted by atomic mass is 9.62. The molecule has 0 aromatic heterocycles. The third-order valence-corrected chi connectivity index (χ3v) is 3.98. The highest BCUT2D eigenvalue weighted by molar-refractivity contribution is 5.78. The van der Waals surface area contributed by atoms with Gasteiger partial charge in [-0.25, -0.2) is 0 Å². The maximum absolute atomic E-state index is 11.5. The molecule has 0 bridgehead atoms. The summed E-state index contributed by atoms with van der Waals surface area (Å²) in [5.41, 5.74) is 0.236. The van der Waals surface area contributed by atoms with Gasteiger partial charge in [0.2, 0.25) is 0 Å². The van der Waals surface area contributed by atoms with E-state index in [1.807, 2.05) is 0 Å². The second-order valence-corrected chi connectivity index (χ2v) is 4.88. The van der Waals surface area contributed by atoms with Gasteiger partial charge < -0.3 is 10.1 Å². The molecule has 0 amide bonds. The summed E-state index contributed by atoms with van der Waals surface area (Å²) in [7, 11) is 1.47. The van der Waals surface area contributed by atoms with Crippen LogP contribution >= 0.6 is 0 Å². The van der Waals surface area contributed by atoms with E-state index in [2.05, 4.69) is 12.2 Å². The van der Waals surface area contributed by atoms with Crippen molar-refractivity contribution in [1.29, 1.82) is 0 Å². The molecular weight excluding hydrogens is 178 g/mol. The molecule has 2 fully saturated rings. The van der Waals surface area contributed by atoms with Crippen LogP contribution in [0.1, 0.15) is 32.6 Å². The van der Waals surface area contributed by atoms with Crippen LogP contribution in [0.5, 0.6) is 0 Å². The zero-order chi connectivity index (χ0) is 10.2. The smallest absolute Gasteiger partial charge is 0.323 e. The Hall–Kier alpha value is -0.570. The van der Waals surface area contributed by atoms with Crippen LogP contribution in [-0.4, -0.2) is 25.7 Å². The van der Waals surface area contributed by atoms with Gasteiger partial charge in [0, 0.05) is 12.0 Å². The van der Waals surface area contributed by atoms with Crippen LogP contribution in [0.4, 0.5) is 0 Å². The Morgan fingerprint density at radius 2 is 2.07 bits per heavy atom. The van der Waals surface area contributed by atoms with Gasteiger partial charge in [-0.1, -0.05) is 19.8 Å². The molecule has 0 aromatic carbocycles. The van der Waals surface area contributed by atoms with Crippen molar-refractivity contribution in [2.24, 2.45) is 11.3 Å². The first-order chi connectivity index (χ1) is 6.68. The van der Waals surface area contributed by atoms with Crippen LogP contribution < -0.4 is 5.32 Å². The van der Waals surface area contributed by atoms with Gasteiger partial charge in [-0.05, 0) is 18.8 Å². The molecule has 1 saturated heterocycles. The molecular formula is C11H19NO2. The minimum Gasteiger partial charge on any atom is -0.468 e. The molecule has 2 rings (SSSR count). The van der Waals surface area contributed by atoms with E-state index in [0.717, 1.165) is 12.5 Å². The molecule has 1 aliphatic carbocycles.